The second-order valence-corrected chi connectivity index (χ2v) is 8.20. The number of hydrogen-bond acceptors (Lipinski definition) is 3. The molecule has 0 heterocycles. The zero-order valence-corrected chi connectivity index (χ0v) is 16.8. The summed E-state index contributed by atoms with van der Waals surface area (Å²) in [7, 11) is 3.47. The molecule has 0 amide bonds. The highest BCUT2D eigenvalue weighted by molar-refractivity contribution is 5.79. The van der Waals surface area contributed by atoms with Gasteiger partial charge in [-0.15, -0.1) is 0 Å². The van der Waals surface area contributed by atoms with Gasteiger partial charge in [0.2, 0.25) is 0 Å². The lowest BCUT2D eigenvalue weighted by Crippen LogP contribution is -2.28. The Labute approximate surface area is 171 Å². The number of carbonyl (C=O) groups excluding carboxylic acids is 1. The van der Waals surface area contributed by atoms with Crippen molar-refractivity contribution in [1.82, 2.24) is 0 Å². The Morgan fingerprint density at radius 3 is 2.28 bits per heavy atom. The molecule has 0 saturated heterocycles. The zero-order valence-electron chi connectivity index (χ0n) is 16.8. The predicted molar refractivity (Wildman–Crippen MR) is 113 cm³/mol. The number of rotatable bonds is 4. The van der Waals surface area contributed by atoms with Crippen molar-refractivity contribution in [2.45, 2.75) is 25.2 Å². The minimum atomic E-state index is -0.0208. The third-order valence-corrected chi connectivity index (χ3v) is 6.78. The molecule has 3 heteroatoms. The van der Waals surface area contributed by atoms with Crippen LogP contribution in [-0.2, 0) is 19.3 Å². The molecule has 146 valence electrons. The van der Waals surface area contributed by atoms with Gasteiger partial charge in [0, 0.05) is 22.6 Å². The Balaban J connectivity index is 1.74. The molecule has 2 atom stereocenters. The van der Waals surface area contributed by atoms with Crippen molar-refractivity contribution in [2.24, 2.45) is 5.41 Å². The molecule has 3 nitrogen and oxygen atoms in total. The van der Waals surface area contributed by atoms with E-state index in [4.69, 9.17) is 9.47 Å². The number of methoxy groups -OCH3 is 2. The van der Waals surface area contributed by atoms with E-state index in [-0.39, 0.29) is 11.3 Å². The molecule has 0 unspecified atom stereocenters. The lowest BCUT2D eigenvalue weighted by atomic mass is 9.70. The van der Waals surface area contributed by atoms with E-state index in [9.17, 15) is 4.79 Å². The van der Waals surface area contributed by atoms with Crippen LogP contribution < -0.4 is 9.47 Å². The van der Waals surface area contributed by atoms with Crippen LogP contribution in [0.3, 0.4) is 0 Å². The molecule has 3 aromatic carbocycles. The molecular formula is C26H24O3. The molecule has 0 fully saturated rings. The number of fused-ring (bicyclic) bond motifs is 2. The van der Waals surface area contributed by atoms with Crippen LogP contribution in [0.25, 0.3) is 0 Å². The van der Waals surface area contributed by atoms with E-state index < -0.39 is 0 Å². The quantitative estimate of drug-likeness (QED) is 0.595. The Morgan fingerprint density at radius 1 is 0.828 bits per heavy atom. The van der Waals surface area contributed by atoms with Gasteiger partial charge in [-0.05, 0) is 53.5 Å². The fraction of sp³-hybridized carbons (Fsp3) is 0.269. The second kappa shape index (κ2) is 6.77. The summed E-state index contributed by atoms with van der Waals surface area (Å²) in [4.78, 5) is 11.7. The first-order chi connectivity index (χ1) is 14.2. The van der Waals surface area contributed by atoms with Gasteiger partial charge in [0.05, 0.1) is 14.2 Å². The standard InChI is InChI=1S/C26H24O3/c1-28-22-11-12-23(29-2)24-21(22)15-26(25(24)17-7-4-3-5-8-17)13-18-9-6-10-19(16-27)20(18)14-26/h3-12,16,25H,13-15H2,1-2H3/t25-,26+/m0/s1. The molecular weight excluding hydrogens is 360 g/mol. The zero-order chi connectivity index (χ0) is 20.0. The molecule has 2 aliphatic carbocycles. The molecule has 0 bridgehead atoms. The molecule has 0 N–H and O–H groups in total. The summed E-state index contributed by atoms with van der Waals surface area (Å²) in [5.41, 5.74) is 7.06. The van der Waals surface area contributed by atoms with E-state index in [2.05, 4.69) is 36.4 Å². The van der Waals surface area contributed by atoms with Crippen molar-refractivity contribution in [3.05, 3.63) is 94.0 Å². The van der Waals surface area contributed by atoms with Crippen LogP contribution in [0.15, 0.2) is 60.7 Å². The maximum absolute atomic E-state index is 11.7. The van der Waals surface area contributed by atoms with Crippen molar-refractivity contribution in [3.8, 4) is 11.5 Å². The van der Waals surface area contributed by atoms with Crippen LogP contribution in [0.1, 0.15) is 44.1 Å². The molecule has 0 radical (unpaired) electrons. The van der Waals surface area contributed by atoms with Gasteiger partial charge >= 0.3 is 0 Å². The van der Waals surface area contributed by atoms with Crippen molar-refractivity contribution < 1.29 is 14.3 Å². The van der Waals surface area contributed by atoms with Crippen LogP contribution in [0.2, 0.25) is 0 Å². The Morgan fingerprint density at radius 2 is 1.55 bits per heavy atom. The summed E-state index contributed by atoms with van der Waals surface area (Å²) in [6.07, 6.45) is 3.75. The van der Waals surface area contributed by atoms with Crippen LogP contribution in [0.5, 0.6) is 11.5 Å². The summed E-state index contributed by atoms with van der Waals surface area (Å²) < 4.78 is 11.6. The van der Waals surface area contributed by atoms with Gasteiger partial charge in [0.1, 0.15) is 17.8 Å². The molecule has 0 aliphatic heterocycles. The van der Waals surface area contributed by atoms with E-state index >= 15 is 0 Å². The number of carbonyl (C=O) groups is 1. The second-order valence-electron chi connectivity index (χ2n) is 8.20. The SMILES string of the molecule is COc1ccc(OC)c2c1C[C@]1(Cc3cccc(C=O)c3C1)[C@H]2c1ccccc1. The van der Waals surface area contributed by atoms with E-state index in [1.807, 2.05) is 24.3 Å². The summed E-state index contributed by atoms with van der Waals surface area (Å²) in [6, 6.07) is 20.8. The molecule has 5 rings (SSSR count). The fourth-order valence-corrected chi connectivity index (χ4v) is 5.69. The average molecular weight is 384 g/mol. The smallest absolute Gasteiger partial charge is 0.150 e. The van der Waals surface area contributed by atoms with E-state index in [1.54, 1.807) is 14.2 Å². The van der Waals surface area contributed by atoms with Gasteiger partial charge in [-0.2, -0.15) is 0 Å². The third-order valence-electron chi connectivity index (χ3n) is 6.78. The monoisotopic (exact) mass is 384 g/mol. The summed E-state index contributed by atoms with van der Waals surface area (Å²) >= 11 is 0. The van der Waals surface area contributed by atoms with Gasteiger partial charge in [-0.3, -0.25) is 4.79 Å². The lowest BCUT2D eigenvalue weighted by Gasteiger charge is -2.32. The normalized spacial score (nSPS) is 21.7. The molecule has 0 aromatic heterocycles. The molecule has 2 aliphatic rings. The molecule has 3 aromatic rings. The highest BCUT2D eigenvalue weighted by Gasteiger charge is 2.52. The fourth-order valence-electron chi connectivity index (χ4n) is 5.69. The largest absolute Gasteiger partial charge is 0.496 e. The van der Waals surface area contributed by atoms with Crippen molar-refractivity contribution in [1.29, 1.82) is 0 Å². The van der Waals surface area contributed by atoms with Crippen LogP contribution in [0, 0.1) is 5.41 Å². The first kappa shape index (κ1) is 18.0. The van der Waals surface area contributed by atoms with Crippen LogP contribution in [0.4, 0.5) is 0 Å². The Bertz CT molecular complexity index is 1090. The van der Waals surface area contributed by atoms with Gasteiger partial charge in [0.25, 0.3) is 0 Å². The number of hydrogen-bond donors (Lipinski definition) is 0. The Hall–Kier alpha value is -3.07. The van der Waals surface area contributed by atoms with Crippen molar-refractivity contribution >= 4 is 6.29 Å². The van der Waals surface area contributed by atoms with Crippen LogP contribution in [-0.4, -0.2) is 20.5 Å². The molecule has 0 saturated carbocycles. The van der Waals surface area contributed by atoms with Crippen LogP contribution >= 0.6 is 0 Å². The average Bonchev–Trinajstić information content (AvgIpc) is 3.30. The van der Waals surface area contributed by atoms with Gasteiger partial charge in [-0.1, -0.05) is 48.5 Å². The topological polar surface area (TPSA) is 35.5 Å². The first-order valence-corrected chi connectivity index (χ1v) is 10.1. The summed E-state index contributed by atoms with van der Waals surface area (Å²) in [5.74, 6) is 2.03. The highest BCUT2D eigenvalue weighted by atomic mass is 16.5. The number of ether oxygens (including phenoxy) is 2. The third kappa shape index (κ3) is 2.61. The summed E-state index contributed by atoms with van der Waals surface area (Å²) in [6.45, 7) is 0. The van der Waals surface area contributed by atoms with E-state index in [0.717, 1.165) is 42.6 Å². The minimum absolute atomic E-state index is 0.0208. The number of benzene rings is 3. The maximum Gasteiger partial charge on any atom is 0.150 e. The van der Waals surface area contributed by atoms with Gasteiger partial charge < -0.3 is 9.47 Å². The van der Waals surface area contributed by atoms with Gasteiger partial charge in [0.15, 0.2) is 0 Å². The van der Waals surface area contributed by atoms with E-state index in [1.165, 1.54) is 27.8 Å². The molecule has 29 heavy (non-hydrogen) atoms. The van der Waals surface area contributed by atoms with Crippen molar-refractivity contribution in [3.63, 3.8) is 0 Å². The minimum Gasteiger partial charge on any atom is -0.496 e. The predicted octanol–water partition coefficient (Wildman–Crippen LogP) is 4.99. The number of aldehydes is 1. The Kier molecular flexibility index (Phi) is 4.20. The summed E-state index contributed by atoms with van der Waals surface area (Å²) in [5, 5.41) is 0. The maximum atomic E-state index is 11.7. The molecule has 1 spiro atoms. The highest BCUT2D eigenvalue weighted by Crippen LogP contribution is 2.61. The lowest BCUT2D eigenvalue weighted by molar-refractivity contribution is 0.112. The van der Waals surface area contributed by atoms with E-state index in [0.29, 0.717) is 0 Å². The first-order valence-electron chi connectivity index (χ1n) is 10.1. The van der Waals surface area contributed by atoms with Gasteiger partial charge in [-0.25, -0.2) is 0 Å². The van der Waals surface area contributed by atoms with Crippen molar-refractivity contribution in [2.75, 3.05) is 14.2 Å².